The van der Waals surface area contributed by atoms with Crippen LogP contribution in [0.4, 0.5) is 0 Å². The third-order valence-electron chi connectivity index (χ3n) is 3.16. The molecule has 0 saturated carbocycles. The van der Waals surface area contributed by atoms with Crippen molar-refractivity contribution in [2.75, 3.05) is 13.6 Å². The van der Waals surface area contributed by atoms with Crippen molar-refractivity contribution in [3.63, 3.8) is 0 Å². The molecule has 0 radical (unpaired) electrons. The van der Waals surface area contributed by atoms with Crippen LogP contribution in [0.1, 0.15) is 17.7 Å². The summed E-state index contributed by atoms with van der Waals surface area (Å²) in [6.07, 6.45) is 2.34. The Morgan fingerprint density at radius 1 is 1.25 bits per heavy atom. The van der Waals surface area contributed by atoms with E-state index in [-0.39, 0.29) is 0 Å². The second kappa shape index (κ2) is 4.71. The maximum Gasteiger partial charge on any atom is 0.0482 e. The van der Waals surface area contributed by atoms with Crippen molar-refractivity contribution in [1.29, 1.82) is 0 Å². The summed E-state index contributed by atoms with van der Waals surface area (Å²) in [5.41, 5.74) is 4.10. The van der Waals surface area contributed by atoms with Crippen molar-refractivity contribution in [3.05, 3.63) is 35.5 Å². The topological polar surface area (TPSA) is 17.0 Å². The number of nitrogens with one attached hydrogen (secondary N) is 1. The number of rotatable bonds is 4. The molecule has 0 bridgehead atoms. The van der Waals surface area contributed by atoms with Crippen molar-refractivity contribution >= 4 is 10.9 Å². The highest BCUT2D eigenvalue weighted by Gasteiger charge is 2.05. The molecular formula is C14H20N2. The molecule has 0 saturated heterocycles. The van der Waals surface area contributed by atoms with E-state index in [1.54, 1.807) is 0 Å². The molecule has 0 aliphatic carbocycles. The van der Waals surface area contributed by atoms with Crippen LogP contribution in [0.5, 0.6) is 0 Å². The number of fused-ring (bicyclic) bond motifs is 1. The molecule has 0 spiro atoms. The molecule has 2 heteroatoms. The average Bonchev–Trinajstić information content (AvgIpc) is 2.57. The first kappa shape index (κ1) is 11.2. The van der Waals surface area contributed by atoms with Crippen molar-refractivity contribution in [3.8, 4) is 0 Å². The van der Waals surface area contributed by atoms with Gasteiger partial charge in [-0.15, -0.1) is 0 Å². The summed E-state index contributed by atoms with van der Waals surface area (Å²) >= 11 is 0. The molecule has 0 amide bonds. The summed E-state index contributed by atoms with van der Waals surface area (Å²) in [6, 6.07) is 8.97. The molecule has 2 nitrogen and oxygen atoms in total. The molecule has 0 atom stereocenters. The summed E-state index contributed by atoms with van der Waals surface area (Å²) in [5.74, 6) is 0. The Morgan fingerprint density at radius 2 is 2.06 bits per heavy atom. The van der Waals surface area contributed by atoms with Gasteiger partial charge >= 0.3 is 0 Å². The molecule has 1 heterocycles. The van der Waals surface area contributed by atoms with E-state index in [9.17, 15) is 0 Å². The zero-order valence-electron chi connectivity index (χ0n) is 10.4. The molecule has 0 unspecified atom stereocenters. The van der Waals surface area contributed by atoms with Crippen LogP contribution in [0, 0.1) is 6.92 Å². The highest BCUT2D eigenvalue weighted by atomic mass is 14.9. The number of hydrogen-bond acceptors (Lipinski definition) is 1. The van der Waals surface area contributed by atoms with E-state index in [1.807, 2.05) is 7.05 Å². The fourth-order valence-corrected chi connectivity index (χ4v) is 2.18. The lowest BCUT2D eigenvalue weighted by atomic mass is 10.2. The van der Waals surface area contributed by atoms with E-state index < -0.39 is 0 Å². The minimum absolute atomic E-state index is 1.08. The molecule has 0 aliphatic heterocycles. The molecule has 1 N–H and O–H groups in total. The van der Waals surface area contributed by atoms with Gasteiger partial charge < -0.3 is 9.88 Å². The highest BCUT2D eigenvalue weighted by molar-refractivity contribution is 5.81. The lowest BCUT2D eigenvalue weighted by molar-refractivity contribution is 0.698. The molecule has 0 fully saturated rings. The fourth-order valence-electron chi connectivity index (χ4n) is 2.18. The summed E-state index contributed by atoms with van der Waals surface area (Å²) < 4.78 is 2.32. The molecule has 0 aliphatic rings. The van der Waals surface area contributed by atoms with Gasteiger partial charge in [0, 0.05) is 18.3 Å². The van der Waals surface area contributed by atoms with Crippen molar-refractivity contribution < 1.29 is 0 Å². The molecule has 2 aromatic rings. The standard InChI is InChI=1S/C14H20N2/c1-11-6-7-12-10-13(5-4-8-15-2)16(3)14(12)9-11/h6-7,9-10,15H,4-5,8H2,1-3H3. The Balaban J connectivity index is 2.29. The third kappa shape index (κ3) is 2.12. The van der Waals surface area contributed by atoms with E-state index in [4.69, 9.17) is 0 Å². The van der Waals surface area contributed by atoms with Crippen molar-refractivity contribution in [1.82, 2.24) is 9.88 Å². The summed E-state index contributed by atoms with van der Waals surface area (Å²) in [5, 5.41) is 4.55. The number of aryl methyl sites for hydroxylation is 3. The smallest absolute Gasteiger partial charge is 0.0482 e. The van der Waals surface area contributed by atoms with Crippen LogP contribution < -0.4 is 5.32 Å². The second-order valence-electron chi connectivity index (χ2n) is 4.46. The summed E-state index contributed by atoms with van der Waals surface area (Å²) in [4.78, 5) is 0. The number of aromatic nitrogens is 1. The van der Waals surface area contributed by atoms with Gasteiger partial charge in [0.05, 0.1) is 0 Å². The SMILES string of the molecule is CNCCCc1cc2ccc(C)cc2n1C. The van der Waals surface area contributed by atoms with Gasteiger partial charge in [-0.3, -0.25) is 0 Å². The zero-order chi connectivity index (χ0) is 11.5. The quantitative estimate of drug-likeness (QED) is 0.777. The normalized spacial score (nSPS) is 11.2. The van der Waals surface area contributed by atoms with Gasteiger partial charge in [-0.25, -0.2) is 0 Å². The Hall–Kier alpha value is -1.28. The molecule has 1 aromatic heterocycles. The van der Waals surface area contributed by atoms with Gasteiger partial charge in [0.1, 0.15) is 0 Å². The van der Waals surface area contributed by atoms with Crippen LogP contribution in [0.3, 0.4) is 0 Å². The first-order valence-corrected chi connectivity index (χ1v) is 5.92. The van der Waals surface area contributed by atoms with Crippen LogP contribution in [0.2, 0.25) is 0 Å². The van der Waals surface area contributed by atoms with Crippen LogP contribution in [0.15, 0.2) is 24.3 Å². The van der Waals surface area contributed by atoms with Gasteiger partial charge in [0.25, 0.3) is 0 Å². The van der Waals surface area contributed by atoms with E-state index >= 15 is 0 Å². The number of benzene rings is 1. The van der Waals surface area contributed by atoms with E-state index in [0.29, 0.717) is 0 Å². The van der Waals surface area contributed by atoms with E-state index in [1.165, 1.54) is 28.6 Å². The maximum atomic E-state index is 3.19. The maximum absolute atomic E-state index is 3.19. The van der Waals surface area contributed by atoms with Gasteiger partial charge in [-0.2, -0.15) is 0 Å². The highest BCUT2D eigenvalue weighted by Crippen LogP contribution is 2.20. The van der Waals surface area contributed by atoms with Gasteiger partial charge in [0.2, 0.25) is 0 Å². The minimum atomic E-state index is 1.08. The lowest BCUT2D eigenvalue weighted by Gasteiger charge is -2.04. The van der Waals surface area contributed by atoms with Crippen LogP contribution >= 0.6 is 0 Å². The Kier molecular flexibility index (Phi) is 3.30. The largest absolute Gasteiger partial charge is 0.348 e. The van der Waals surface area contributed by atoms with Gasteiger partial charge in [0.15, 0.2) is 0 Å². The third-order valence-corrected chi connectivity index (χ3v) is 3.16. The number of hydrogen-bond donors (Lipinski definition) is 1. The minimum Gasteiger partial charge on any atom is -0.348 e. The molecule has 16 heavy (non-hydrogen) atoms. The van der Waals surface area contributed by atoms with Crippen LogP contribution in [0.25, 0.3) is 10.9 Å². The Morgan fingerprint density at radius 3 is 2.81 bits per heavy atom. The van der Waals surface area contributed by atoms with Crippen molar-refractivity contribution in [2.24, 2.45) is 7.05 Å². The fraction of sp³-hybridized carbons (Fsp3) is 0.429. The lowest BCUT2D eigenvalue weighted by Crippen LogP contribution is -2.09. The van der Waals surface area contributed by atoms with Gasteiger partial charge in [-0.1, -0.05) is 12.1 Å². The predicted octanol–water partition coefficient (Wildman–Crippen LogP) is 2.64. The van der Waals surface area contributed by atoms with Gasteiger partial charge in [-0.05, 0) is 56.4 Å². The first-order chi connectivity index (χ1) is 7.72. The Labute approximate surface area is 97.3 Å². The van der Waals surface area contributed by atoms with Crippen molar-refractivity contribution in [2.45, 2.75) is 19.8 Å². The zero-order valence-corrected chi connectivity index (χ0v) is 10.4. The molecule has 2 rings (SSSR count). The van der Waals surface area contributed by atoms with Crippen LogP contribution in [-0.2, 0) is 13.5 Å². The number of nitrogens with zero attached hydrogens (tertiary/aromatic N) is 1. The second-order valence-corrected chi connectivity index (χ2v) is 4.46. The molecule has 86 valence electrons. The average molecular weight is 216 g/mol. The summed E-state index contributed by atoms with van der Waals surface area (Å²) in [7, 11) is 4.17. The molecule has 1 aromatic carbocycles. The van der Waals surface area contributed by atoms with Crippen LogP contribution in [-0.4, -0.2) is 18.2 Å². The summed E-state index contributed by atoms with van der Waals surface area (Å²) in [6.45, 7) is 3.23. The van der Waals surface area contributed by atoms with E-state index in [2.05, 4.69) is 48.1 Å². The predicted molar refractivity (Wildman–Crippen MR) is 69.9 cm³/mol. The monoisotopic (exact) mass is 216 g/mol. The van der Waals surface area contributed by atoms with E-state index in [0.717, 1.165) is 13.0 Å². The Bertz CT molecular complexity index is 483. The molecular weight excluding hydrogens is 196 g/mol. The first-order valence-electron chi connectivity index (χ1n) is 5.92.